The lowest BCUT2D eigenvalue weighted by Crippen LogP contribution is -2.09. The van der Waals surface area contributed by atoms with E-state index in [9.17, 15) is 4.79 Å². The second-order valence-corrected chi connectivity index (χ2v) is 8.48. The van der Waals surface area contributed by atoms with Crippen LogP contribution in [0.4, 0.5) is 5.69 Å². The molecule has 0 bridgehead atoms. The van der Waals surface area contributed by atoms with Crippen molar-refractivity contribution in [3.05, 3.63) is 86.6 Å². The Hall–Kier alpha value is -2.59. The third-order valence-corrected chi connectivity index (χ3v) is 6.77. The SMILES string of the molecule is Cc1c(Br)ccc2c1C(=Cc1cc3c([nH]1)CCCC3c1ccccc1)C(=O)N2. The number of halogens is 1. The van der Waals surface area contributed by atoms with Gasteiger partial charge in [0.25, 0.3) is 5.91 Å². The zero-order valence-corrected chi connectivity index (χ0v) is 17.3. The van der Waals surface area contributed by atoms with Crippen LogP contribution in [0.1, 0.15) is 52.4 Å². The Labute approximate surface area is 173 Å². The van der Waals surface area contributed by atoms with Gasteiger partial charge in [0, 0.05) is 33.0 Å². The Morgan fingerprint density at radius 3 is 2.79 bits per heavy atom. The number of H-pyrrole nitrogens is 1. The molecule has 2 N–H and O–H groups in total. The lowest BCUT2D eigenvalue weighted by molar-refractivity contribution is -0.110. The lowest BCUT2D eigenvalue weighted by atomic mass is 9.82. The highest BCUT2D eigenvalue weighted by molar-refractivity contribution is 9.10. The molecule has 3 aromatic rings. The summed E-state index contributed by atoms with van der Waals surface area (Å²) < 4.78 is 1.02. The van der Waals surface area contributed by atoms with E-state index in [0.29, 0.717) is 5.92 Å². The lowest BCUT2D eigenvalue weighted by Gasteiger charge is -2.22. The third kappa shape index (κ3) is 2.83. The maximum absolute atomic E-state index is 12.6. The molecule has 1 amide bonds. The van der Waals surface area contributed by atoms with Crippen molar-refractivity contribution in [1.29, 1.82) is 0 Å². The van der Waals surface area contributed by atoms with Crippen molar-refractivity contribution in [2.45, 2.75) is 32.1 Å². The molecule has 1 unspecified atom stereocenters. The number of fused-ring (bicyclic) bond motifs is 2. The van der Waals surface area contributed by atoms with Crippen LogP contribution < -0.4 is 5.32 Å². The fourth-order valence-corrected chi connectivity index (χ4v) is 4.87. The van der Waals surface area contributed by atoms with Crippen LogP contribution in [0, 0.1) is 6.92 Å². The summed E-state index contributed by atoms with van der Waals surface area (Å²) in [6, 6.07) is 16.9. The number of carbonyl (C=O) groups excluding carboxylic acids is 1. The number of anilines is 1. The molecule has 0 spiro atoms. The van der Waals surface area contributed by atoms with E-state index in [1.54, 1.807) is 0 Å². The number of rotatable bonds is 2. The average Bonchev–Trinajstić information content (AvgIpc) is 3.26. The van der Waals surface area contributed by atoms with Crippen LogP contribution >= 0.6 is 15.9 Å². The fourth-order valence-electron chi connectivity index (χ4n) is 4.54. The van der Waals surface area contributed by atoms with Gasteiger partial charge in [0.2, 0.25) is 0 Å². The molecular weight excluding hydrogens is 412 g/mol. The molecule has 0 saturated carbocycles. The Bertz CT molecular complexity index is 1110. The maximum Gasteiger partial charge on any atom is 0.256 e. The first-order chi connectivity index (χ1) is 13.6. The number of nitrogens with one attached hydrogen (secondary N) is 2. The summed E-state index contributed by atoms with van der Waals surface area (Å²) in [4.78, 5) is 16.2. The van der Waals surface area contributed by atoms with E-state index in [2.05, 4.69) is 62.6 Å². The zero-order chi connectivity index (χ0) is 19.3. The normalized spacial score (nSPS) is 19.4. The second-order valence-electron chi connectivity index (χ2n) is 7.62. The van der Waals surface area contributed by atoms with E-state index in [4.69, 9.17) is 0 Å². The largest absolute Gasteiger partial charge is 0.359 e. The molecule has 0 fully saturated rings. The number of amides is 1. The summed E-state index contributed by atoms with van der Waals surface area (Å²) in [6.45, 7) is 2.04. The van der Waals surface area contributed by atoms with Gasteiger partial charge in [-0.25, -0.2) is 0 Å². The van der Waals surface area contributed by atoms with Crippen LogP contribution in [0.25, 0.3) is 11.6 Å². The van der Waals surface area contributed by atoms with E-state index in [-0.39, 0.29) is 5.91 Å². The minimum Gasteiger partial charge on any atom is -0.359 e. The molecule has 2 aromatic carbocycles. The molecule has 5 rings (SSSR count). The fraction of sp³-hybridized carbons (Fsp3) is 0.208. The predicted octanol–water partition coefficient (Wildman–Crippen LogP) is 6.05. The minimum absolute atomic E-state index is 0.0385. The monoisotopic (exact) mass is 432 g/mol. The van der Waals surface area contributed by atoms with Gasteiger partial charge in [-0.05, 0) is 67.2 Å². The zero-order valence-electron chi connectivity index (χ0n) is 15.7. The Kier molecular flexibility index (Phi) is 4.24. The quantitative estimate of drug-likeness (QED) is 0.475. The van der Waals surface area contributed by atoms with Crippen LogP contribution in [0.15, 0.2) is 53.0 Å². The van der Waals surface area contributed by atoms with Crippen molar-refractivity contribution in [3.8, 4) is 0 Å². The molecule has 0 saturated heterocycles. The number of hydrogen-bond donors (Lipinski definition) is 2. The van der Waals surface area contributed by atoms with Crippen LogP contribution in [-0.2, 0) is 11.2 Å². The molecule has 0 radical (unpaired) electrons. The summed E-state index contributed by atoms with van der Waals surface area (Å²) in [5, 5.41) is 2.99. The van der Waals surface area contributed by atoms with E-state index in [1.807, 2.05) is 25.1 Å². The van der Waals surface area contributed by atoms with Gasteiger partial charge >= 0.3 is 0 Å². The number of hydrogen-bond acceptors (Lipinski definition) is 1. The summed E-state index contributed by atoms with van der Waals surface area (Å²) >= 11 is 3.59. The van der Waals surface area contributed by atoms with Crippen LogP contribution in [0.2, 0.25) is 0 Å². The van der Waals surface area contributed by atoms with Crippen LogP contribution in [-0.4, -0.2) is 10.9 Å². The topological polar surface area (TPSA) is 44.9 Å². The van der Waals surface area contributed by atoms with Crippen molar-refractivity contribution in [2.75, 3.05) is 5.32 Å². The Morgan fingerprint density at radius 2 is 1.96 bits per heavy atom. The molecule has 4 heteroatoms. The molecule has 2 heterocycles. The van der Waals surface area contributed by atoms with Crippen molar-refractivity contribution in [3.63, 3.8) is 0 Å². The van der Waals surface area contributed by atoms with E-state index in [1.165, 1.54) is 29.7 Å². The Morgan fingerprint density at radius 1 is 1.14 bits per heavy atom. The van der Waals surface area contributed by atoms with Gasteiger partial charge in [0.05, 0.1) is 5.57 Å². The molecule has 1 atom stereocenters. The minimum atomic E-state index is -0.0385. The first-order valence-electron chi connectivity index (χ1n) is 9.71. The molecule has 28 heavy (non-hydrogen) atoms. The van der Waals surface area contributed by atoms with Gasteiger partial charge in [-0.2, -0.15) is 0 Å². The van der Waals surface area contributed by atoms with Crippen molar-refractivity contribution < 1.29 is 4.79 Å². The van der Waals surface area contributed by atoms with Gasteiger partial charge in [0.1, 0.15) is 0 Å². The van der Waals surface area contributed by atoms with Crippen LogP contribution in [0.5, 0.6) is 0 Å². The van der Waals surface area contributed by atoms with Crippen LogP contribution in [0.3, 0.4) is 0 Å². The highest BCUT2D eigenvalue weighted by Crippen LogP contribution is 2.40. The number of aryl methyl sites for hydroxylation is 1. The van der Waals surface area contributed by atoms with Gasteiger partial charge in [-0.1, -0.05) is 46.3 Å². The number of aromatic amines is 1. The molecule has 140 valence electrons. The van der Waals surface area contributed by atoms with Crippen molar-refractivity contribution in [2.24, 2.45) is 0 Å². The first kappa shape index (κ1) is 17.5. The van der Waals surface area contributed by atoms with Gasteiger partial charge in [-0.15, -0.1) is 0 Å². The first-order valence-corrected chi connectivity index (χ1v) is 10.5. The summed E-state index contributed by atoms with van der Waals surface area (Å²) in [5.41, 5.74) is 8.73. The van der Waals surface area contributed by atoms with E-state index >= 15 is 0 Å². The molecule has 1 aromatic heterocycles. The molecule has 3 nitrogen and oxygen atoms in total. The molecule has 1 aliphatic carbocycles. The van der Waals surface area contributed by atoms with Crippen molar-refractivity contribution >= 4 is 39.2 Å². The predicted molar refractivity (Wildman–Crippen MR) is 117 cm³/mol. The molecule has 2 aliphatic rings. The highest BCUT2D eigenvalue weighted by atomic mass is 79.9. The maximum atomic E-state index is 12.6. The Balaban J connectivity index is 1.58. The number of benzene rings is 2. The summed E-state index contributed by atoms with van der Waals surface area (Å²) in [5.74, 6) is 0.386. The number of carbonyl (C=O) groups is 1. The van der Waals surface area contributed by atoms with Gasteiger partial charge in [0.15, 0.2) is 0 Å². The third-order valence-electron chi connectivity index (χ3n) is 5.91. The summed E-state index contributed by atoms with van der Waals surface area (Å²) in [7, 11) is 0. The number of aromatic nitrogens is 1. The molecular formula is C24H21BrN2O. The average molecular weight is 433 g/mol. The standard InChI is InChI=1S/C24H21BrN2O/c1-14-20(25)10-11-22-23(14)19(24(28)27-22)13-16-12-18-17(8-5-9-21(18)26-16)15-6-3-2-4-7-15/h2-4,6-7,10-13,17,26H,5,8-9H2,1H3,(H,27,28). The highest BCUT2D eigenvalue weighted by Gasteiger charge is 2.28. The van der Waals surface area contributed by atoms with Crippen molar-refractivity contribution in [1.82, 2.24) is 4.98 Å². The summed E-state index contributed by atoms with van der Waals surface area (Å²) in [6.07, 6.45) is 5.41. The van der Waals surface area contributed by atoms with Gasteiger partial charge in [-0.3, -0.25) is 4.79 Å². The van der Waals surface area contributed by atoms with E-state index in [0.717, 1.165) is 39.0 Å². The van der Waals surface area contributed by atoms with Gasteiger partial charge < -0.3 is 10.3 Å². The second kappa shape index (κ2) is 6.78. The molecule has 1 aliphatic heterocycles. The smallest absolute Gasteiger partial charge is 0.256 e. The van der Waals surface area contributed by atoms with E-state index < -0.39 is 0 Å².